The number of aliphatic hydroxyl groups excluding tert-OH is 1. The van der Waals surface area contributed by atoms with E-state index in [1.165, 1.54) is 6.07 Å². The molecule has 35 heavy (non-hydrogen) atoms. The van der Waals surface area contributed by atoms with E-state index in [9.17, 15) is 9.50 Å². The minimum absolute atomic E-state index is 0.0141. The van der Waals surface area contributed by atoms with E-state index in [0.717, 1.165) is 91.0 Å². The highest BCUT2D eigenvalue weighted by Crippen LogP contribution is 2.37. The molecule has 1 aliphatic rings. The first kappa shape index (κ1) is 26.2. The van der Waals surface area contributed by atoms with E-state index in [1.807, 2.05) is 24.3 Å². The second-order valence-corrected chi connectivity index (χ2v) is 11.1. The number of rotatable bonds is 11. The SMILES string of the molecule is COc1ccc2ncc(Cl)c(CCCC3(CO)CCN(CCCSc4cccc(F)c4)CC3)c2c1. The van der Waals surface area contributed by atoms with Crippen LogP contribution in [0.25, 0.3) is 10.9 Å². The second kappa shape index (κ2) is 12.4. The summed E-state index contributed by atoms with van der Waals surface area (Å²) in [5, 5.41) is 12.0. The minimum atomic E-state index is -0.175. The normalized spacial score (nSPS) is 16.0. The maximum atomic E-state index is 13.3. The summed E-state index contributed by atoms with van der Waals surface area (Å²) < 4.78 is 18.7. The van der Waals surface area contributed by atoms with Gasteiger partial charge in [0, 0.05) is 23.1 Å². The molecule has 3 aromatic rings. The minimum Gasteiger partial charge on any atom is -0.497 e. The van der Waals surface area contributed by atoms with Crippen LogP contribution in [0, 0.1) is 11.2 Å². The largest absolute Gasteiger partial charge is 0.497 e. The third-order valence-corrected chi connectivity index (χ3v) is 8.61. The van der Waals surface area contributed by atoms with E-state index in [2.05, 4.69) is 9.88 Å². The van der Waals surface area contributed by atoms with Gasteiger partial charge in [0.2, 0.25) is 0 Å². The van der Waals surface area contributed by atoms with Gasteiger partial charge < -0.3 is 14.7 Å². The van der Waals surface area contributed by atoms with Crippen LogP contribution in [0.4, 0.5) is 4.39 Å². The number of aromatic nitrogens is 1. The molecule has 1 fully saturated rings. The number of pyridine rings is 1. The van der Waals surface area contributed by atoms with E-state index >= 15 is 0 Å². The molecule has 1 aromatic heterocycles. The smallest absolute Gasteiger partial charge is 0.124 e. The molecule has 0 bridgehead atoms. The van der Waals surface area contributed by atoms with Crippen molar-refractivity contribution in [3.05, 3.63) is 65.1 Å². The molecule has 1 aliphatic heterocycles. The van der Waals surface area contributed by atoms with Gasteiger partial charge in [0.1, 0.15) is 11.6 Å². The van der Waals surface area contributed by atoms with Gasteiger partial charge in [-0.15, -0.1) is 11.8 Å². The molecule has 4 rings (SSSR count). The van der Waals surface area contributed by atoms with Crippen molar-refractivity contribution >= 4 is 34.3 Å². The lowest BCUT2D eigenvalue weighted by atomic mass is 9.75. The van der Waals surface area contributed by atoms with Crippen LogP contribution in [0.2, 0.25) is 5.02 Å². The summed E-state index contributed by atoms with van der Waals surface area (Å²) in [6.45, 7) is 3.31. The number of piperidine rings is 1. The fourth-order valence-electron chi connectivity index (χ4n) is 5.00. The molecule has 188 valence electrons. The number of benzene rings is 2. The Morgan fingerprint density at radius 3 is 2.74 bits per heavy atom. The lowest BCUT2D eigenvalue weighted by Gasteiger charge is -2.41. The van der Waals surface area contributed by atoms with Crippen LogP contribution < -0.4 is 4.74 Å². The Morgan fingerprint density at radius 1 is 1.17 bits per heavy atom. The average molecular weight is 517 g/mol. The molecule has 2 aromatic carbocycles. The van der Waals surface area contributed by atoms with Crippen molar-refractivity contribution in [1.29, 1.82) is 0 Å². The average Bonchev–Trinajstić information content (AvgIpc) is 2.88. The molecule has 1 saturated heterocycles. The van der Waals surface area contributed by atoms with Crippen LogP contribution in [0.5, 0.6) is 5.75 Å². The Balaban J connectivity index is 1.25. The number of hydrogen-bond donors (Lipinski definition) is 1. The molecule has 0 amide bonds. The number of hydrogen-bond acceptors (Lipinski definition) is 5. The summed E-state index contributed by atoms with van der Waals surface area (Å²) in [4.78, 5) is 7.94. The summed E-state index contributed by atoms with van der Waals surface area (Å²) >= 11 is 8.25. The van der Waals surface area contributed by atoms with Gasteiger partial charge in [0.05, 0.1) is 17.6 Å². The van der Waals surface area contributed by atoms with Crippen LogP contribution in [-0.4, -0.2) is 54.1 Å². The molecule has 0 unspecified atom stereocenters. The number of ether oxygens (including phenoxy) is 1. The van der Waals surface area contributed by atoms with Crippen LogP contribution in [0.1, 0.15) is 37.7 Å². The lowest BCUT2D eigenvalue weighted by Crippen LogP contribution is -2.42. The molecule has 0 aliphatic carbocycles. The number of halogens is 2. The van der Waals surface area contributed by atoms with Crippen molar-refractivity contribution in [2.75, 3.05) is 39.1 Å². The summed E-state index contributed by atoms with van der Waals surface area (Å²) in [7, 11) is 1.67. The molecular weight excluding hydrogens is 483 g/mol. The Kier molecular flexibility index (Phi) is 9.28. The van der Waals surface area contributed by atoms with Gasteiger partial charge >= 0.3 is 0 Å². The number of nitrogens with zero attached hydrogens (tertiary/aromatic N) is 2. The third-order valence-electron chi connectivity index (χ3n) is 7.20. The van der Waals surface area contributed by atoms with Crippen molar-refractivity contribution < 1.29 is 14.2 Å². The Bertz CT molecular complexity index is 1120. The summed E-state index contributed by atoms with van der Waals surface area (Å²) in [6, 6.07) is 12.7. The Labute approximate surface area is 216 Å². The highest BCUT2D eigenvalue weighted by atomic mass is 35.5. The van der Waals surface area contributed by atoms with Crippen LogP contribution in [-0.2, 0) is 6.42 Å². The number of methoxy groups -OCH3 is 1. The van der Waals surface area contributed by atoms with E-state index in [1.54, 1.807) is 37.2 Å². The van der Waals surface area contributed by atoms with E-state index in [4.69, 9.17) is 16.3 Å². The molecule has 7 heteroatoms. The van der Waals surface area contributed by atoms with Gasteiger partial charge in [-0.1, -0.05) is 17.7 Å². The number of thioether (sulfide) groups is 1. The first-order valence-electron chi connectivity index (χ1n) is 12.3. The fraction of sp³-hybridized carbons (Fsp3) is 0.464. The van der Waals surface area contributed by atoms with Gasteiger partial charge in [-0.3, -0.25) is 4.98 Å². The number of aliphatic hydroxyl groups is 1. The van der Waals surface area contributed by atoms with E-state index in [0.29, 0.717) is 5.02 Å². The molecule has 0 atom stereocenters. The second-order valence-electron chi connectivity index (χ2n) is 9.48. The summed E-state index contributed by atoms with van der Waals surface area (Å²) in [5.41, 5.74) is 2.02. The highest BCUT2D eigenvalue weighted by molar-refractivity contribution is 7.99. The molecule has 0 spiro atoms. The molecule has 0 radical (unpaired) electrons. The van der Waals surface area contributed by atoms with Crippen molar-refractivity contribution in [1.82, 2.24) is 9.88 Å². The Hall–Kier alpha value is -1.86. The maximum Gasteiger partial charge on any atom is 0.124 e. The van der Waals surface area contributed by atoms with Crippen molar-refractivity contribution in [2.45, 2.75) is 43.4 Å². The molecule has 2 heterocycles. The monoisotopic (exact) mass is 516 g/mol. The summed E-state index contributed by atoms with van der Waals surface area (Å²) in [6.07, 6.45) is 7.65. The maximum absolute atomic E-state index is 13.3. The van der Waals surface area contributed by atoms with Gasteiger partial charge in [0.25, 0.3) is 0 Å². The predicted octanol–water partition coefficient (Wildman–Crippen LogP) is 6.62. The van der Waals surface area contributed by atoms with E-state index < -0.39 is 0 Å². The zero-order chi connectivity index (χ0) is 24.7. The van der Waals surface area contributed by atoms with Crippen LogP contribution in [0.3, 0.4) is 0 Å². The first-order chi connectivity index (χ1) is 17.0. The molecule has 4 nitrogen and oxygen atoms in total. The highest BCUT2D eigenvalue weighted by Gasteiger charge is 2.33. The van der Waals surface area contributed by atoms with Crippen molar-refractivity contribution in [2.24, 2.45) is 5.41 Å². The number of fused-ring (bicyclic) bond motifs is 1. The van der Waals surface area contributed by atoms with Gasteiger partial charge in [-0.05, 0) is 111 Å². The van der Waals surface area contributed by atoms with E-state index in [-0.39, 0.29) is 17.8 Å². The van der Waals surface area contributed by atoms with Gasteiger partial charge in [-0.25, -0.2) is 4.39 Å². The lowest BCUT2D eigenvalue weighted by molar-refractivity contribution is 0.0358. The number of aryl methyl sites for hydroxylation is 1. The first-order valence-corrected chi connectivity index (χ1v) is 13.7. The van der Waals surface area contributed by atoms with Gasteiger partial charge in [-0.2, -0.15) is 0 Å². The predicted molar refractivity (Wildman–Crippen MR) is 143 cm³/mol. The summed E-state index contributed by atoms with van der Waals surface area (Å²) in [5.74, 6) is 1.61. The number of likely N-dealkylation sites (tertiary alicyclic amines) is 1. The third kappa shape index (κ3) is 6.88. The zero-order valence-corrected chi connectivity index (χ0v) is 21.9. The zero-order valence-electron chi connectivity index (χ0n) is 20.3. The topological polar surface area (TPSA) is 45.6 Å². The molecular formula is C28H34ClFN2O2S. The molecule has 0 saturated carbocycles. The molecule has 1 N–H and O–H groups in total. The van der Waals surface area contributed by atoms with Crippen molar-refractivity contribution in [3.8, 4) is 5.75 Å². The quantitative estimate of drug-likeness (QED) is 0.229. The van der Waals surface area contributed by atoms with Gasteiger partial charge in [0.15, 0.2) is 0 Å². The Morgan fingerprint density at radius 2 is 2.00 bits per heavy atom. The standard InChI is InChI=1S/C28H34ClFN2O2S/c1-34-22-8-9-27-25(18-22)24(26(29)19-31-27)7-3-10-28(20-33)11-14-32(15-12-28)13-4-16-35-23-6-2-5-21(30)17-23/h2,5-6,8-9,17-19,33H,3-4,7,10-16,20H2,1H3. The van der Waals surface area contributed by atoms with Crippen LogP contribution in [0.15, 0.2) is 53.6 Å². The van der Waals surface area contributed by atoms with Crippen LogP contribution >= 0.6 is 23.4 Å². The fourth-order valence-corrected chi connectivity index (χ4v) is 6.12. The van der Waals surface area contributed by atoms with Crippen molar-refractivity contribution in [3.63, 3.8) is 0 Å².